The van der Waals surface area contributed by atoms with Crippen LogP contribution in [0.5, 0.6) is 0 Å². The van der Waals surface area contributed by atoms with E-state index in [2.05, 4.69) is 0 Å². The zero-order valence-corrected chi connectivity index (χ0v) is 14.5. The number of benzene rings is 3. The number of hydrogen-bond acceptors (Lipinski definition) is 3. The third kappa shape index (κ3) is 3.54. The molecule has 0 saturated heterocycles. The van der Waals surface area contributed by atoms with Crippen LogP contribution in [0, 0.1) is 10.1 Å². The van der Waals surface area contributed by atoms with E-state index in [9.17, 15) is 14.7 Å². The second-order valence-corrected chi connectivity index (χ2v) is 8.74. The van der Waals surface area contributed by atoms with Gasteiger partial charge in [-0.2, -0.15) is 0 Å². The molecule has 0 amide bonds. The maximum Gasteiger partial charge on any atom is 0.218 e. The largest absolute Gasteiger partial charge is 0.313 e. The zero-order valence-electron chi connectivity index (χ0n) is 13.6. The van der Waals surface area contributed by atoms with E-state index in [1.165, 1.54) is 0 Å². The van der Waals surface area contributed by atoms with Crippen molar-refractivity contribution in [2.45, 2.75) is 5.66 Å². The lowest BCUT2D eigenvalue weighted by molar-refractivity contribution is -0.480. The van der Waals surface area contributed by atoms with Crippen LogP contribution in [0.3, 0.4) is 0 Å². The molecule has 0 bridgehead atoms. The Morgan fingerprint density at radius 1 is 0.760 bits per heavy atom. The summed E-state index contributed by atoms with van der Waals surface area (Å²) < 4.78 is 14.3. The van der Waals surface area contributed by atoms with Gasteiger partial charge < -0.3 is 4.57 Å². The normalized spacial score (nSPS) is 12.5. The molecule has 3 rings (SSSR count). The van der Waals surface area contributed by atoms with Crippen LogP contribution in [-0.2, 0) is 4.57 Å². The number of nitro groups is 1. The molecule has 3 aromatic rings. The minimum absolute atomic E-state index is 0.379. The summed E-state index contributed by atoms with van der Waals surface area (Å²) in [5, 5.41) is 12.6. The highest BCUT2D eigenvalue weighted by Crippen LogP contribution is 2.57. The van der Waals surface area contributed by atoms with E-state index >= 15 is 0 Å². The first-order valence-corrected chi connectivity index (χ1v) is 9.77. The molecule has 1 atom stereocenters. The monoisotopic (exact) mass is 351 g/mol. The minimum atomic E-state index is -3.25. The molecule has 3 aromatic carbocycles. The number of nitrogens with zero attached hydrogens (tertiary/aromatic N) is 1. The lowest BCUT2D eigenvalue weighted by Gasteiger charge is -2.26. The molecule has 0 heterocycles. The maximum absolute atomic E-state index is 14.3. The summed E-state index contributed by atoms with van der Waals surface area (Å²) in [5.74, 6) is 0. The smallest absolute Gasteiger partial charge is 0.218 e. The van der Waals surface area contributed by atoms with E-state index in [0.29, 0.717) is 10.6 Å². The van der Waals surface area contributed by atoms with E-state index < -0.39 is 12.8 Å². The molecular formula is C20H18NO3P. The van der Waals surface area contributed by atoms with Crippen molar-refractivity contribution < 1.29 is 9.49 Å². The highest BCUT2D eigenvalue weighted by atomic mass is 31.2. The molecule has 0 N–H and O–H groups in total. The molecule has 0 radical (unpaired) electrons. The number of hydrogen-bond donors (Lipinski definition) is 0. The summed E-state index contributed by atoms with van der Waals surface area (Å²) >= 11 is 0. The van der Waals surface area contributed by atoms with Crippen molar-refractivity contribution in [1.82, 2.24) is 0 Å². The molecule has 25 heavy (non-hydrogen) atoms. The predicted octanol–water partition coefficient (Wildman–Crippen LogP) is 4.02. The molecule has 5 heteroatoms. The molecule has 4 nitrogen and oxygen atoms in total. The Morgan fingerprint density at radius 3 is 1.56 bits per heavy atom. The van der Waals surface area contributed by atoms with Crippen molar-refractivity contribution in [2.24, 2.45) is 0 Å². The van der Waals surface area contributed by atoms with Gasteiger partial charge in [0.25, 0.3) is 0 Å². The highest BCUT2D eigenvalue weighted by Gasteiger charge is 2.40. The van der Waals surface area contributed by atoms with Crippen LogP contribution >= 0.6 is 7.14 Å². The van der Waals surface area contributed by atoms with Gasteiger partial charge in [-0.15, -0.1) is 0 Å². The van der Waals surface area contributed by atoms with Crippen molar-refractivity contribution in [3.63, 3.8) is 0 Å². The van der Waals surface area contributed by atoms with Crippen molar-refractivity contribution in [3.8, 4) is 0 Å². The van der Waals surface area contributed by atoms with Crippen LogP contribution in [0.4, 0.5) is 0 Å². The Labute approximate surface area is 146 Å². The van der Waals surface area contributed by atoms with Crippen LogP contribution < -0.4 is 10.6 Å². The molecule has 0 spiro atoms. The van der Waals surface area contributed by atoms with E-state index in [1.54, 1.807) is 24.3 Å². The lowest BCUT2D eigenvalue weighted by atomic mass is 10.1. The summed E-state index contributed by atoms with van der Waals surface area (Å²) in [4.78, 5) is 11.0. The first-order valence-electron chi connectivity index (χ1n) is 8.00. The van der Waals surface area contributed by atoms with Crippen molar-refractivity contribution >= 4 is 17.8 Å². The molecular weight excluding hydrogens is 333 g/mol. The van der Waals surface area contributed by atoms with E-state index in [-0.39, 0.29) is 11.5 Å². The Morgan fingerprint density at radius 2 is 1.16 bits per heavy atom. The Balaban J connectivity index is 2.25. The van der Waals surface area contributed by atoms with E-state index in [0.717, 1.165) is 5.56 Å². The Kier molecular flexibility index (Phi) is 5.11. The molecule has 0 saturated carbocycles. The topological polar surface area (TPSA) is 60.2 Å². The Bertz CT molecular complexity index is 839. The van der Waals surface area contributed by atoms with Gasteiger partial charge in [0.15, 0.2) is 7.14 Å². The third-order valence-electron chi connectivity index (χ3n) is 4.22. The van der Waals surface area contributed by atoms with Gasteiger partial charge in [-0.25, -0.2) is 0 Å². The first kappa shape index (κ1) is 17.1. The minimum Gasteiger partial charge on any atom is -0.313 e. The van der Waals surface area contributed by atoms with Crippen LogP contribution in [0.15, 0.2) is 91.0 Å². The van der Waals surface area contributed by atoms with Crippen molar-refractivity contribution in [3.05, 3.63) is 107 Å². The van der Waals surface area contributed by atoms with Gasteiger partial charge in [0.05, 0.1) is 0 Å². The molecule has 0 unspecified atom stereocenters. The van der Waals surface area contributed by atoms with Gasteiger partial charge in [-0.1, -0.05) is 91.0 Å². The fourth-order valence-corrected chi connectivity index (χ4v) is 6.26. The summed E-state index contributed by atoms with van der Waals surface area (Å²) in [5.41, 5.74) is 0.00346. The second kappa shape index (κ2) is 7.45. The molecule has 0 aromatic heterocycles. The fraction of sp³-hybridized carbons (Fsp3) is 0.100. The second-order valence-electron chi connectivity index (χ2n) is 5.77. The van der Waals surface area contributed by atoms with Crippen LogP contribution in [0.25, 0.3) is 0 Å². The molecule has 126 valence electrons. The lowest BCUT2D eigenvalue weighted by Crippen LogP contribution is -2.25. The summed E-state index contributed by atoms with van der Waals surface area (Å²) in [7, 11) is -3.25. The van der Waals surface area contributed by atoms with E-state index in [4.69, 9.17) is 0 Å². The molecule has 0 aliphatic rings. The summed E-state index contributed by atoms with van der Waals surface area (Å²) in [6, 6.07) is 27.3. The van der Waals surface area contributed by atoms with Gasteiger partial charge >= 0.3 is 0 Å². The zero-order chi connectivity index (χ0) is 17.7. The molecule has 0 aliphatic heterocycles. The summed E-state index contributed by atoms with van der Waals surface area (Å²) in [6.45, 7) is -0.384. The SMILES string of the molecule is O=[N+]([O-])C[C@H](c1ccccc1)P(=O)(c1ccccc1)c1ccccc1. The van der Waals surface area contributed by atoms with Gasteiger partial charge in [0.2, 0.25) is 6.54 Å². The van der Waals surface area contributed by atoms with Gasteiger partial charge in [0.1, 0.15) is 5.66 Å². The third-order valence-corrected chi connectivity index (χ3v) is 7.69. The average molecular weight is 351 g/mol. The van der Waals surface area contributed by atoms with Gasteiger partial charge in [-0.3, -0.25) is 10.1 Å². The highest BCUT2D eigenvalue weighted by molar-refractivity contribution is 7.79. The molecule has 0 aliphatic carbocycles. The predicted molar refractivity (Wildman–Crippen MR) is 101 cm³/mol. The number of rotatable bonds is 6. The van der Waals surface area contributed by atoms with Crippen LogP contribution in [0.1, 0.15) is 11.2 Å². The van der Waals surface area contributed by atoms with E-state index in [1.807, 2.05) is 66.7 Å². The van der Waals surface area contributed by atoms with Gasteiger partial charge in [-0.05, 0) is 5.56 Å². The van der Waals surface area contributed by atoms with Crippen molar-refractivity contribution in [1.29, 1.82) is 0 Å². The van der Waals surface area contributed by atoms with Crippen LogP contribution in [0.2, 0.25) is 0 Å². The average Bonchev–Trinajstić information content (AvgIpc) is 2.67. The molecule has 0 fully saturated rings. The van der Waals surface area contributed by atoms with Crippen molar-refractivity contribution in [2.75, 3.05) is 6.54 Å². The maximum atomic E-state index is 14.3. The standard InChI is InChI=1S/C20H18NO3P/c22-21(23)16-20(17-10-4-1-5-11-17)25(24,18-12-6-2-7-13-18)19-14-8-3-9-15-19/h1-15,20H,16H2/t20-/m1/s1. The summed E-state index contributed by atoms with van der Waals surface area (Å²) in [6.07, 6.45) is 0. The van der Waals surface area contributed by atoms with Gasteiger partial charge in [0, 0.05) is 15.5 Å². The first-order chi connectivity index (χ1) is 12.1. The fourth-order valence-electron chi connectivity index (χ4n) is 3.05. The van der Waals surface area contributed by atoms with Crippen LogP contribution in [-0.4, -0.2) is 11.5 Å². The quantitative estimate of drug-likeness (QED) is 0.383. The Hall–Kier alpha value is -2.71.